The first-order chi connectivity index (χ1) is 13.0. The first-order valence-electron chi connectivity index (χ1n) is 9.20. The molecule has 0 aliphatic rings. The minimum Gasteiger partial charge on any atom is -0.481 e. The molecule has 29 heavy (non-hydrogen) atoms. The van der Waals surface area contributed by atoms with Crippen LogP contribution in [0, 0.1) is 5.41 Å². The number of rotatable bonds is 20. The molecule has 0 spiro atoms. The number of aliphatic carboxylic acids is 1. The van der Waals surface area contributed by atoms with E-state index < -0.39 is 11.4 Å². The summed E-state index contributed by atoms with van der Waals surface area (Å²) in [6, 6.07) is 0. The predicted octanol–water partition coefficient (Wildman–Crippen LogP) is 1.53. The van der Waals surface area contributed by atoms with E-state index in [1.165, 1.54) is 6.92 Å². The number of aliphatic hydroxyl groups is 2. The predicted molar refractivity (Wildman–Crippen MR) is 110 cm³/mol. The highest BCUT2D eigenvalue weighted by molar-refractivity contribution is 5.75. The van der Waals surface area contributed by atoms with Gasteiger partial charge in [0.25, 0.3) is 0 Å². The highest BCUT2D eigenvalue weighted by Crippen LogP contribution is 2.21. The second-order valence-electron chi connectivity index (χ2n) is 6.46. The Morgan fingerprint density at radius 1 is 0.724 bits per heavy atom. The molecule has 0 atom stereocenters. The summed E-state index contributed by atoms with van der Waals surface area (Å²) in [6.45, 7) is 3.41. The van der Waals surface area contributed by atoms with Crippen molar-refractivity contribution in [3.8, 4) is 0 Å². The van der Waals surface area contributed by atoms with Crippen LogP contribution in [-0.2, 0) is 28.5 Å². The van der Waals surface area contributed by atoms with Crippen molar-refractivity contribution in [2.75, 3.05) is 66.1 Å². The van der Waals surface area contributed by atoms with Gasteiger partial charge in [-0.05, 0) is 19.8 Å². The minimum absolute atomic E-state index is 0. The van der Waals surface area contributed by atoms with Crippen LogP contribution in [0.5, 0.6) is 0 Å². The summed E-state index contributed by atoms with van der Waals surface area (Å²) in [4.78, 5) is 21.7. The Hall–Kier alpha value is -1.10. The molecule has 0 amide bonds. The molecule has 0 aromatic carbocycles. The molecule has 3 N–H and O–H groups in total. The number of ketones is 1. The maximum absolute atomic E-state index is 11.1. The van der Waals surface area contributed by atoms with Gasteiger partial charge in [-0.15, -0.1) is 0 Å². The molecule has 176 valence electrons. The summed E-state index contributed by atoms with van der Waals surface area (Å²) >= 11 is 0. The van der Waals surface area contributed by atoms with Crippen LogP contribution in [0.15, 0.2) is 0 Å². The number of carboxylic acids is 1. The zero-order valence-corrected chi connectivity index (χ0v) is 16.2. The Kier molecular flexibility index (Phi) is 24.3. The van der Waals surface area contributed by atoms with Crippen LogP contribution in [-0.4, -0.2) is 93.1 Å². The van der Waals surface area contributed by atoms with Gasteiger partial charge in [0.05, 0.1) is 51.5 Å². The van der Waals surface area contributed by atoms with Crippen molar-refractivity contribution in [1.29, 1.82) is 0 Å². The molecule has 0 bridgehead atoms. The third kappa shape index (κ3) is 20.0. The Morgan fingerprint density at radius 3 is 1.45 bits per heavy atom. The summed E-state index contributed by atoms with van der Waals surface area (Å²) in [5.74, 6) is -0.923. The number of carbonyl (C=O) groups excluding carboxylic acids is 1. The van der Waals surface area contributed by atoms with Crippen molar-refractivity contribution in [3.63, 3.8) is 0 Å². The quantitative estimate of drug-likeness (QED) is 0.248. The van der Waals surface area contributed by atoms with Crippen molar-refractivity contribution in [1.82, 2.24) is 0 Å². The maximum Gasteiger partial charge on any atom is 0.305 e. The molecule has 0 aliphatic heterocycles. The molecule has 0 aliphatic carbocycles. The van der Waals surface area contributed by atoms with Gasteiger partial charge < -0.3 is 34.3 Å². The highest BCUT2D eigenvalue weighted by atomic mass is 16.5. The first-order valence-corrected chi connectivity index (χ1v) is 9.20. The van der Waals surface area contributed by atoms with E-state index in [-0.39, 0.29) is 79.9 Å². The molecule has 9 nitrogen and oxygen atoms in total. The summed E-state index contributed by atoms with van der Waals surface area (Å²) in [5, 5.41) is 26.5. The molecule has 0 fully saturated rings. The van der Waals surface area contributed by atoms with Gasteiger partial charge in [-0.1, -0.05) is 14.9 Å². The summed E-state index contributed by atoms with van der Waals surface area (Å²) in [7, 11) is 0. The fourth-order valence-corrected chi connectivity index (χ4v) is 2.11. The number of carbonyl (C=O) groups is 2. The third-order valence-corrected chi connectivity index (χ3v) is 3.59. The number of carboxylic acid groups (broad SMARTS) is 1. The van der Waals surface area contributed by atoms with E-state index in [0.29, 0.717) is 32.5 Å². The smallest absolute Gasteiger partial charge is 0.305 e. The lowest BCUT2D eigenvalue weighted by Gasteiger charge is -2.33. The molecule has 9 heteroatoms. The van der Waals surface area contributed by atoms with Gasteiger partial charge >= 0.3 is 5.97 Å². The number of ether oxygens (including phenoxy) is 4. The number of hydrogen-bond acceptors (Lipinski definition) is 8. The van der Waals surface area contributed by atoms with Crippen LogP contribution in [0.25, 0.3) is 0 Å². The van der Waals surface area contributed by atoms with Crippen molar-refractivity contribution in [2.24, 2.45) is 5.41 Å². The normalized spacial score (nSPS) is 10.9. The lowest BCUT2D eigenvalue weighted by atomic mass is 9.92. The fourth-order valence-electron chi connectivity index (χ4n) is 2.11. The summed E-state index contributed by atoms with van der Waals surface area (Å²) in [6.07, 6.45) is 1.17. The zero-order valence-electron chi connectivity index (χ0n) is 16.2. The molecular weight excluding hydrogens is 384 g/mol. The summed E-state index contributed by atoms with van der Waals surface area (Å²) in [5.41, 5.74) is -0.680. The van der Waals surface area contributed by atoms with Crippen molar-refractivity contribution in [2.45, 2.75) is 47.5 Å². The molecule has 0 saturated heterocycles. The van der Waals surface area contributed by atoms with Crippen LogP contribution in [0.1, 0.15) is 47.5 Å². The lowest BCUT2D eigenvalue weighted by molar-refractivity contribution is -0.140. The van der Waals surface area contributed by atoms with Gasteiger partial charge in [0.15, 0.2) is 0 Å². The minimum atomic E-state index is -0.948. The topological polar surface area (TPSA) is 132 Å². The van der Waals surface area contributed by atoms with E-state index in [1.54, 1.807) is 0 Å². The van der Waals surface area contributed by atoms with Gasteiger partial charge in [0.1, 0.15) is 5.78 Å². The Bertz CT molecular complexity index is 352. The van der Waals surface area contributed by atoms with E-state index in [2.05, 4.69) is 0 Å². The lowest BCUT2D eigenvalue weighted by Crippen LogP contribution is -2.42. The molecule has 0 heterocycles. The highest BCUT2D eigenvalue weighted by Gasteiger charge is 2.32. The molecule has 0 aromatic heterocycles. The van der Waals surface area contributed by atoms with Crippen LogP contribution >= 0.6 is 0 Å². The van der Waals surface area contributed by atoms with Crippen LogP contribution in [0.3, 0.4) is 0 Å². The molecule has 0 radical (unpaired) electrons. The molecule has 0 unspecified atom stereocenters. The molecule has 0 aromatic rings. The van der Waals surface area contributed by atoms with E-state index in [9.17, 15) is 9.59 Å². The number of hydrogen-bond donors (Lipinski definition) is 3. The van der Waals surface area contributed by atoms with E-state index in [1.807, 2.05) is 0 Å². The second kappa shape index (κ2) is 21.6. The Morgan fingerprint density at radius 2 is 1.10 bits per heavy atom. The van der Waals surface area contributed by atoms with Crippen LogP contribution in [0.4, 0.5) is 0 Å². The fraction of sp³-hybridized carbons (Fsp3) is 0.900. The van der Waals surface area contributed by atoms with Gasteiger partial charge in [-0.3, -0.25) is 9.59 Å². The third-order valence-electron chi connectivity index (χ3n) is 3.59. The summed E-state index contributed by atoms with van der Waals surface area (Å²) < 4.78 is 22.4. The van der Waals surface area contributed by atoms with Crippen molar-refractivity contribution < 1.29 is 43.9 Å². The van der Waals surface area contributed by atoms with Crippen LogP contribution < -0.4 is 0 Å². The average molecular weight is 427 g/mol. The van der Waals surface area contributed by atoms with Gasteiger partial charge in [0, 0.05) is 32.8 Å². The first kappa shape index (κ1) is 32.6. The number of Topliss-reactive ketones (excluding diaryl/α,β-unsaturated/α-hetero) is 1. The average Bonchev–Trinajstić information content (AvgIpc) is 2.62. The molecular formula is C20H42O9. The van der Waals surface area contributed by atoms with Gasteiger partial charge in [-0.25, -0.2) is 0 Å². The van der Waals surface area contributed by atoms with Crippen molar-refractivity contribution in [3.05, 3.63) is 0 Å². The van der Waals surface area contributed by atoms with E-state index >= 15 is 0 Å². The van der Waals surface area contributed by atoms with E-state index in [4.69, 9.17) is 34.3 Å². The monoisotopic (exact) mass is 426 g/mol. The van der Waals surface area contributed by atoms with Crippen LogP contribution in [0.2, 0.25) is 0 Å². The Balaban J connectivity index is -0.00000338. The maximum atomic E-state index is 11.1. The number of aliphatic hydroxyl groups excluding tert-OH is 2. The Labute approximate surface area is 175 Å². The largest absolute Gasteiger partial charge is 0.481 e. The van der Waals surface area contributed by atoms with Gasteiger partial charge in [0.2, 0.25) is 0 Å². The standard InChI is InChI=1S/C18H34O9.2CH4/c1-16(21)4-10-26-14-18(12-24-8-2-6-19,13-25-9-3-7-20)15-27-11-5-17(22)23;;/h19-20H,2-15H2,1H3,(H,22,23);2*1H4. The second-order valence-corrected chi connectivity index (χ2v) is 6.46. The van der Waals surface area contributed by atoms with Gasteiger partial charge in [-0.2, -0.15) is 0 Å². The zero-order chi connectivity index (χ0) is 20.4. The van der Waals surface area contributed by atoms with E-state index in [0.717, 1.165) is 0 Å². The molecule has 0 rings (SSSR count). The molecule has 0 saturated carbocycles. The SMILES string of the molecule is C.C.CC(=O)CCOCC(COCCCO)(COCCCO)COCCC(=O)O. The van der Waals surface area contributed by atoms with Crippen molar-refractivity contribution >= 4 is 11.8 Å².